The van der Waals surface area contributed by atoms with Crippen molar-refractivity contribution in [2.45, 2.75) is 58.2 Å². The standard InChI is InChI=1S/C22H31N5O4/c1-21(2,3)27-19(23-24-25-27)17-13-22(8-10-31-11-9-22)20(28)26(17)14-15-6-7-16(29-4)12-18(15)30-5/h6-7,12,17H,8-11,13-14H2,1-5H3. The van der Waals surface area contributed by atoms with Gasteiger partial charge in [0, 0.05) is 24.8 Å². The van der Waals surface area contributed by atoms with Crippen molar-refractivity contribution >= 4 is 5.91 Å². The summed E-state index contributed by atoms with van der Waals surface area (Å²) >= 11 is 0. The molecule has 1 spiro atoms. The molecule has 1 amide bonds. The maximum absolute atomic E-state index is 13.8. The number of methoxy groups -OCH3 is 2. The molecule has 2 fully saturated rings. The highest BCUT2D eigenvalue weighted by molar-refractivity contribution is 5.85. The molecule has 0 bridgehead atoms. The summed E-state index contributed by atoms with van der Waals surface area (Å²) in [6.07, 6.45) is 2.12. The van der Waals surface area contributed by atoms with Gasteiger partial charge in [-0.2, -0.15) is 0 Å². The monoisotopic (exact) mass is 429 g/mol. The third kappa shape index (κ3) is 3.86. The van der Waals surface area contributed by atoms with E-state index in [1.165, 1.54) is 0 Å². The average Bonchev–Trinajstić information content (AvgIpc) is 3.34. The summed E-state index contributed by atoms with van der Waals surface area (Å²) in [6.45, 7) is 7.79. The fourth-order valence-electron chi connectivity index (χ4n) is 4.65. The summed E-state index contributed by atoms with van der Waals surface area (Å²) < 4.78 is 18.3. The molecular formula is C22H31N5O4. The van der Waals surface area contributed by atoms with Crippen molar-refractivity contribution in [3.8, 4) is 11.5 Å². The van der Waals surface area contributed by atoms with Crippen LogP contribution in [0.3, 0.4) is 0 Å². The predicted octanol–water partition coefficient (Wildman–Crippen LogP) is 2.72. The van der Waals surface area contributed by atoms with Crippen LogP contribution in [0.2, 0.25) is 0 Å². The molecule has 1 unspecified atom stereocenters. The van der Waals surface area contributed by atoms with Gasteiger partial charge in [-0.05, 0) is 62.6 Å². The molecule has 1 atom stereocenters. The van der Waals surface area contributed by atoms with Gasteiger partial charge in [-0.1, -0.05) is 0 Å². The Labute approximate surface area is 182 Å². The van der Waals surface area contributed by atoms with Gasteiger partial charge >= 0.3 is 0 Å². The molecule has 168 valence electrons. The Kier molecular flexibility index (Phi) is 5.63. The molecule has 0 N–H and O–H groups in total. The summed E-state index contributed by atoms with van der Waals surface area (Å²) in [5.41, 5.74) is 0.189. The van der Waals surface area contributed by atoms with Crippen LogP contribution >= 0.6 is 0 Å². The zero-order chi connectivity index (χ0) is 22.2. The highest BCUT2D eigenvalue weighted by Crippen LogP contribution is 2.50. The van der Waals surface area contributed by atoms with Crippen LogP contribution in [0.4, 0.5) is 0 Å². The lowest BCUT2D eigenvalue weighted by molar-refractivity contribution is -0.141. The van der Waals surface area contributed by atoms with Gasteiger partial charge in [0.2, 0.25) is 5.91 Å². The van der Waals surface area contributed by atoms with Crippen molar-refractivity contribution in [3.05, 3.63) is 29.6 Å². The Morgan fingerprint density at radius 2 is 1.94 bits per heavy atom. The maximum atomic E-state index is 13.8. The van der Waals surface area contributed by atoms with Gasteiger partial charge in [-0.3, -0.25) is 4.79 Å². The Morgan fingerprint density at radius 3 is 2.58 bits per heavy atom. The lowest BCUT2D eigenvalue weighted by Crippen LogP contribution is -2.39. The number of amides is 1. The van der Waals surface area contributed by atoms with Crippen molar-refractivity contribution in [1.29, 1.82) is 0 Å². The van der Waals surface area contributed by atoms with Gasteiger partial charge < -0.3 is 19.1 Å². The van der Waals surface area contributed by atoms with Crippen molar-refractivity contribution < 1.29 is 19.0 Å². The first-order chi connectivity index (χ1) is 14.8. The lowest BCUT2D eigenvalue weighted by Gasteiger charge is -2.31. The summed E-state index contributed by atoms with van der Waals surface area (Å²) in [6, 6.07) is 5.46. The number of hydrogen-bond donors (Lipinski definition) is 0. The summed E-state index contributed by atoms with van der Waals surface area (Å²) in [4.78, 5) is 15.7. The van der Waals surface area contributed by atoms with Crippen LogP contribution in [0.5, 0.6) is 11.5 Å². The van der Waals surface area contributed by atoms with Gasteiger partial charge in [-0.15, -0.1) is 5.10 Å². The van der Waals surface area contributed by atoms with Gasteiger partial charge in [0.1, 0.15) is 11.5 Å². The molecule has 3 heterocycles. The van der Waals surface area contributed by atoms with Crippen LogP contribution in [0, 0.1) is 5.41 Å². The number of aromatic nitrogens is 4. The fraction of sp³-hybridized carbons (Fsp3) is 0.636. The van der Waals surface area contributed by atoms with Crippen LogP contribution in [-0.2, 0) is 21.6 Å². The van der Waals surface area contributed by atoms with E-state index in [1.807, 2.05) is 27.8 Å². The Morgan fingerprint density at radius 1 is 1.19 bits per heavy atom. The number of ether oxygens (including phenoxy) is 3. The number of carbonyl (C=O) groups is 1. The maximum Gasteiger partial charge on any atom is 0.229 e. The molecule has 1 aromatic heterocycles. The van der Waals surface area contributed by atoms with E-state index in [1.54, 1.807) is 14.2 Å². The van der Waals surface area contributed by atoms with Gasteiger partial charge in [0.15, 0.2) is 5.82 Å². The molecule has 0 saturated carbocycles. The van der Waals surface area contributed by atoms with E-state index in [4.69, 9.17) is 14.2 Å². The molecule has 4 rings (SSSR count). The number of hydrogen-bond acceptors (Lipinski definition) is 7. The van der Waals surface area contributed by atoms with E-state index in [0.29, 0.717) is 37.7 Å². The molecule has 2 saturated heterocycles. The topological polar surface area (TPSA) is 91.6 Å². The van der Waals surface area contributed by atoms with Crippen LogP contribution in [0.15, 0.2) is 18.2 Å². The Hall–Kier alpha value is -2.68. The van der Waals surface area contributed by atoms with E-state index in [0.717, 1.165) is 24.2 Å². The van der Waals surface area contributed by atoms with Crippen molar-refractivity contribution in [1.82, 2.24) is 25.1 Å². The molecule has 9 nitrogen and oxygen atoms in total. The minimum Gasteiger partial charge on any atom is -0.497 e. The second-order valence-electron chi connectivity index (χ2n) is 9.34. The van der Waals surface area contributed by atoms with Crippen LogP contribution < -0.4 is 9.47 Å². The van der Waals surface area contributed by atoms with Crippen molar-refractivity contribution in [2.75, 3.05) is 27.4 Å². The van der Waals surface area contributed by atoms with Gasteiger partial charge in [0.25, 0.3) is 0 Å². The van der Waals surface area contributed by atoms with Crippen LogP contribution in [0.25, 0.3) is 0 Å². The quantitative estimate of drug-likeness (QED) is 0.722. The largest absolute Gasteiger partial charge is 0.497 e. The third-order valence-electron chi connectivity index (χ3n) is 6.39. The van der Waals surface area contributed by atoms with Gasteiger partial charge in [-0.25, -0.2) is 4.68 Å². The van der Waals surface area contributed by atoms with E-state index in [-0.39, 0.29) is 17.5 Å². The van der Waals surface area contributed by atoms with E-state index in [2.05, 4.69) is 36.3 Å². The number of rotatable bonds is 5. The molecule has 2 aromatic rings. The van der Waals surface area contributed by atoms with Crippen molar-refractivity contribution in [3.63, 3.8) is 0 Å². The first-order valence-corrected chi connectivity index (χ1v) is 10.7. The smallest absolute Gasteiger partial charge is 0.229 e. The summed E-state index contributed by atoms with van der Waals surface area (Å²) in [5.74, 6) is 2.26. The van der Waals surface area contributed by atoms with Crippen LogP contribution in [0.1, 0.15) is 57.5 Å². The average molecular weight is 430 g/mol. The summed E-state index contributed by atoms with van der Waals surface area (Å²) in [7, 11) is 3.25. The predicted molar refractivity (Wildman–Crippen MR) is 113 cm³/mol. The molecule has 0 radical (unpaired) electrons. The third-order valence-corrected chi connectivity index (χ3v) is 6.39. The van der Waals surface area contributed by atoms with E-state index in [9.17, 15) is 4.79 Å². The number of tetrazole rings is 1. The SMILES string of the molecule is COc1ccc(CN2C(=O)C3(CCOCC3)CC2c2nnnn2C(C)(C)C)c(OC)c1. The zero-order valence-corrected chi connectivity index (χ0v) is 18.9. The second kappa shape index (κ2) is 8.11. The summed E-state index contributed by atoms with van der Waals surface area (Å²) in [5, 5.41) is 12.6. The molecule has 9 heteroatoms. The first kappa shape index (κ1) is 21.5. The molecule has 2 aliphatic heterocycles. The molecule has 0 aliphatic carbocycles. The number of nitrogens with zero attached hydrogens (tertiary/aromatic N) is 5. The molecule has 1 aromatic carbocycles. The molecule has 31 heavy (non-hydrogen) atoms. The highest BCUT2D eigenvalue weighted by Gasteiger charge is 2.54. The number of likely N-dealkylation sites (tertiary alicyclic amines) is 1. The second-order valence-corrected chi connectivity index (χ2v) is 9.34. The normalized spacial score (nSPS) is 21.0. The lowest BCUT2D eigenvalue weighted by atomic mass is 9.77. The number of carbonyl (C=O) groups excluding carboxylic acids is 1. The van der Waals surface area contributed by atoms with Crippen LogP contribution in [-0.4, -0.2) is 58.4 Å². The van der Waals surface area contributed by atoms with E-state index < -0.39 is 5.41 Å². The van der Waals surface area contributed by atoms with Crippen molar-refractivity contribution in [2.24, 2.45) is 5.41 Å². The number of benzene rings is 1. The van der Waals surface area contributed by atoms with E-state index >= 15 is 0 Å². The first-order valence-electron chi connectivity index (χ1n) is 10.7. The zero-order valence-electron chi connectivity index (χ0n) is 18.9. The molecular weight excluding hydrogens is 398 g/mol. The highest BCUT2D eigenvalue weighted by atomic mass is 16.5. The Balaban J connectivity index is 1.74. The minimum absolute atomic E-state index is 0.141. The fourth-order valence-corrected chi connectivity index (χ4v) is 4.65. The van der Waals surface area contributed by atoms with Gasteiger partial charge in [0.05, 0.1) is 37.8 Å². The minimum atomic E-state index is -0.433. The molecule has 2 aliphatic rings. The Bertz CT molecular complexity index is 946.